The largest absolute Gasteiger partial charge is 0.335 e. The molecule has 1 unspecified atom stereocenters. The Bertz CT molecular complexity index is 315. The molecule has 0 N–H and O–H groups in total. The van der Waals surface area contributed by atoms with Crippen LogP contribution in [0.25, 0.3) is 0 Å². The van der Waals surface area contributed by atoms with E-state index < -0.39 is 0 Å². The lowest BCUT2D eigenvalue weighted by Crippen LogP contribution is -2.21. The molecule has 0 saturated heterocycles. The Labute approximate surface area is 104 Å². The summed E-state index contributed by atoms with van der Waals surface area (Å²) in [5.41, 5.74) is 0.220. The maximum atomic E-state index is 6.08. The van der Waals surface area contributed by atoms with Gasteiger partial charge in [0.25, 0.3) is 0 Å². The molecular weight excluding hydrogens is 220 g/mol. The van der Waals surface area contributed by atoms with Gasteiger partial charge < -0.3 is 4.57 Å². The second kappa shape index (κ2) is 5.72. The second-order valence-corrected chi connectivity index (χ2v) is 6.11. The Morgan fingerprint density at radius 3 is 2.75 bits per heavy atom. The fourth-order valence-corrected chi connectivity index (χ4v) is 2.63. The van der Waals surface area contributed by atoms with Crippen molar-refractivity contribution in [2.75, 3.05) is 0 Å². The zero-order valence-corrected chi connectivity index (χ0v) is 11.6. The van der Waals surface area contributed by atoms with Crippen molar-refractivity contribution < 1.29 is 0 Å². The molecule has 0 aliphatic rings. The second-order valence-electron chi connectivity index (χ2n) is 5.36. The van der Waals surface area contributed by atoms with E-state index in [1.54, 1.807) is 0 Å². The van der Waals surface area contributed by atoms with Crippen LogP contribution in [-0.4, -0.2) is 14.9 Å². The molecule has 0 radical (unpaired) electrons. The van der Waals surface area contributed by atoms with Crippen molar-refractivity contribution in [3.63, 3.8) is 0 Å². The highest BCUT2D eigenvalue weighted by Gasteiger charge is 2.22. The predicted octanol–water partition coefficient (Wildman–Crippen LogP) is 3.88. The normalized spacial score (nSPS) is 14.1. The van der Waals surface area contributed by atoms with Gasteiger partial charge in [0.15, 0.2) is 0 Å². The van der Waals surface area contributed by atoms with Crippen LogP contribution < -0.4 is 0 Å². The first-order chi connectivity index (χ1) is 7.44. The number of imidazole rings is 1. The molecule has 3 heteroatoms. The lowest BCUT2D eigenvalue weighted by atomic mass is 9.84. The van der Waals surface area contributed by atoms with Crippen molar-refractivity contribution in [2.24, 2.45) is 5.41 Å². The summed E-state index contributed by atoms with van der Waals surface area (Å²) < 4.78 is 2.25. The summed E-state index contributed by atoms with van der Waals surface area (Å²) in [6.45, 7) is 9.83. The molecule has 2 nitrogen and oxygen atoms in total. The average molecular weight is 243 g/mol. The van der Waals surface area contributed by atoms with Gasteiger partial charge in [0.2, 0.25) is 0 Å². The Morgan fingerprint density at radius 1 is 1.50 bits per heavy atom. The molecule has 0 aliphatic heterocycles. The Kier molecular flexibility index (Phi) is 4.85. The third kappa shape index (κ3) is 4.17. The van der Waals surface area contributed by atoms with E-state index in [1.165, 1.54) is 5.82 Å². The van der Waals surface area contributed by atoms with Gasteiger partial charge in [-0.25, -0.2) is 4.98 Å². The summed E-state index contributed by atoms with van der Waals surface area (Å²) in [7, 11) is 0. The molecule has 0 aromatic carbocycles. The summed E-state index contributed by atoms with van der Waals surface area (Å²) >= 11 is 6.08. The van der Waals surface area contributed by atoms with E-state index in [4.69, 9.17) is 11.6 Å². The SMILES string of the molecule is CCCn1ccnc1CC(C)(C)CC(C)Cl. The van der Waals surface area contributed by atoms with E-state index in [0.29, 0.717) is 0 Å². The third-order valence-electron chi connectivity index (χ3n) is 2.74. The van der Waals surface area contributed by atoms with Gasteiger partial charge >= 0.3 is 0 Å². The van der Waals surface area contributed by atoms with Crippen molar-refractivity contribution in [2.45, 2.75) is 58.9 Å². The van der Waals surface area contributed by atoms with Crippen LogP contribution in [-0.2, 0) is 13.0 Å². The first kappa shape index (κ1) is 13.6. The monoisotopic (exact) mass is 242 g/mol. The molecule has 0 bridgehead atoms. The number of aromatic nitrogens is 2. The molecule has 1 aromatic rings. The molecule has 0 saturated carbocycles. The molecular formula is C13H23ClN2. The van der Waals surface area contributed by atoms with Crippen molar-refractivity contribution in [1.29, 1.82) is 0 Å². The number of aryl methyl sites for hydroxylation is 1. The summed E-state index contributed by atoms with van der Waals surface area (Å²) in [5.74, 6) is 1.18. The minimum absolute atomic E-state index is 0.220. The summed E-state index contributed by atoms with van der Waals surface area (Å²) in [6, 6.07) is 0. The third-order valence-corrected chi connectivity index (χ3v) is 2.89. The van der Waals surface area contributed by atoms with Gasteiger partial charge in [0, 0.05) is 30.7 Å². The predicted molar refractivity (Wildman–Crippen MR) is 69.9 cm³/mol. The van der Waals surface area contributed by atoms with Crippen LogP contribution in [0.15, 0.2) is 12.4 Å². The van der Waals surface area contributed by atoms with Crippen LogP contribution in [0.4, 0.5) is 0 Å². The summed E-state index contributed by atoms with van der Waals surface area (Å²) in [5, 5.41) is 0.226. The molecule has 0 amide bonds. The van der Waals surface area contributed by atoms with Crippen LogP contribution in [0.3, 0.4) is 0 Å². The standard InChI is InChI=1S/C13H23ClN2/c1-5-7-16-8-6-15-12(16)10-13(3,4)9-11(2)14/h6,8,11H,5,7,9-10H2,1-4H3. The van der Waals surface area contributed by atoms with E-state index in [0.717, 1.165) is 25.8 Å². The number of rotatable bonds is 6. The van der Waals surface area contributed by atoms with E-state index in [2.05, 4.69) is 43.4 Å². The lowest BCUT2D eigenvalue weighted by Gasteiger charge is -2.25. The van der Waals surface area contributed by atoms with Gasteiger partial charge in [0.1, 0.15) is 5.82 Å². The Balaban J connectivity index is 2.67. The average Bonchev–Trinajstić information content (AvgIpc) is 2.50. The number of nitrogens with zero attached hydrogens (tertiary/aromatic N) is 2. The van der Waals surface area contributed by atoms with Gasteiger partial charge in [-0.3, -0.25) is 0 Å². The van der Waals surface area contributed by atoms with Gasteiger partial charge in [-0.05, 0) is 25.2 Å². The quantitative estimate of drug-likeness (QED) is 0.693. The van der Waals surface area contributed by atoms with E-state index in [9.17, 15) is 0 Å². The van der Waals surface area contributed by atoms with E-state index >= 15 is 0 Å². The highest BCUT2D eigenvalue weighted by molar-refractivity contribution is 6.20. The fourth-order valence-electron chi connectivity index (χ4n) is 2.21. The number of alkyl halides is 1. The van der Waals surface area contributed by atoms with Crippen LogP contribution in [0, 0.1) is 5.41 Å². The minimum atomic E-state index is 0.220. The zero-order valence-electron chi connectivity index (χ0n) is 10.8. The van der Waals surface area contributed by atoms with Crippen LogP contribution in [0.5, 0.6) is 0 Å². The van der Waals surface area contributed by atoms with Gasteiger partial charge in [-0.15, -0.1) is 11.6 Å². The first-order valence-electron chi connectivity index (χ1n) is 6.08. The maximum absolute atomic E-state index is 6.08. The van der Waals surface area contributed by atoms with Crippen LogP contribution in [0.2, 0.25) is 0 Å². The zero-order chi connectivity index (χ0) is 12.2. The summed E-state index contributed by atoms with van der Waals surface area (Å²) in [6.07, 6.45) is 7.13. The molecule has 92 valence electrons. The molecule has 1 atom stereocenters. The topological polar surface area (TPSA) is 17.8 Å². The van der Waals surface area contributed by atoms with Gasteiger partial charge in [-0.2, -0.15) is 0 Å². The van der Waals surface area contributed by atoms with Crippen molar-refractivity contribution in [1.82, 2.24) is 9.55 Å². The van der Waals surface area contributed by atoms with Crippen LogP contribution >= 0.6 is 11.6 Å². The molecule has 0 spiro atoms. The number of hydrogen-bond donors (Lipinski definition) is 0. The molecule has 0 aliphatic carbocycles. The van der Waals surface area contributed by atoms with E-state index in [-0.39, 0.29) is 10.8 Å². The van der Waals surface area contributed by atoms with E-state index in [1.807, 2.05) is 6.20 Å². The number of hydrogen-bond acceptors (Lipinski definition) is 1. The van der Waals surface area contributed by atoms with Crippen LogP contribution in [0.1, 0.15) is 46.4 Å². The smallest absolute Gasteiger partial charge is 0.109 e. The van der Waals surface area contributed by atoms with Gasteiger partial charge in [0.05, 0.1) is 0 Å². The van der Waals surface area contributed by atoms with Crippen molar-refractivity contribution >= 4 is 11.6 Å². The minimum Gasteiger partial charge on any atom is -0.335 e. The fraction of sp³-hybridized carbons (Fsp3) is 0.769. The maximum Gasteiger partial charge on any atom is 0.109 e. The highest BCUT2D eigenvalue weighted by atomic mass is 35.5. The molecule has 0 fully saturated rings. The Morgan fingerprint density at radius 2 is 2.19 bits per heavy atom. The van der Waals surface area contributed by atoms with Crippen molar-refractivity contribution in [3.05, 3.63) is 18.2 Å². The van der Waals surface area contributed by atoms with Crippen molar-refractivity contribution in [3.8, 4) is 0 Å². The number of halogens is 1. The molecule has 1 aromatic heterocycles. The van der Waals surface area contributed by atoms with Gasteiger partial charge in [-0.1, -0.05) is 20.8 Å². The highest BCUT2D eigenvalue weighted by Crippen LogP contribution is 2.28. The Hall–Kier alpha value is -0.500. The molecule has 1 rings (SSSR count). The molecule has 16 heavy (non-hydrogen) atoms. The summed E-state index contributed by atoms with van der Waals surface area (Å²) in [4.78, 5) is 4.45. The molecule has 1 heterocycles. The first-order valence-corrected chi connectivity index (χ1v) is 6.52. The lowest BCUT2D eigenvalue weighted by molar-refractivity contribution is 0.319.